The number of phenolic OH excluding ortho intramolecular Hbond substituents is 2. The Morgan fingerprint density at radius 2 is 1.71 bits per heavy atom. The average Bonchev–Trinajstić information content (AvgIpc) is 2.14. The van der Waals surface area contributed by atoms with Crippen molar-refractivity contribution in [2.24, 2.45) is 11.1 Å². The van der Waals surface area contributed by atoms with Gasteiger partial charge in [-0.05, 0) is 17.5 Å². The lowest BCUT2D eigenvalue weighted by Gasteiger charge is -2.31. The van der Waals surface area contributed by atoms with E-state index in [1.54, 1.807) is 0 Å². The molecule has 5 N–H and O–H groups in total. The molecule has 0 amide bonds. The van der Waals surface area contributed by atoms with Crippen molar-refractivity contribution in [3.05, 3.63) is 23.8 Å². The molecule has 0 aliphatic heterocycles. The van der Waals surface area contributed by atoms with Gasteiger partial charge >= 0.3 is 0 Å². The Kier molecular flexibility index (Phi) is 5.26. The zero-order chi connectivity index (χ0) is 12.5. The van der Waals surface area contributed by atoms with Gasteiger partial charge in [0.25, 0.3) is 0 Å². The number of halogens is 1. The summed E-state index contributed by atoms with van der Waals surface area (Å²) in [5, 5.41) is 28.8. The van der Waals surface area contributed by atoms with Crippen molar-refractivity contribution >= 4 is 12.4 Å². The third-order valence-electron chi connectivity index (χ3n) is 2.60. The molecule has 5 heteroatoms. The van der Waals surface area contributed by atoms with Crippen LogP contribution in [0.4, 0.5) is 0 Å². The van der Waals surface area contributed by atoms with Crippen LogP contribution >= 0.6 is 12.4 Å². The summed E-state index contributed by atoms with van der Waals surface area (Å²) >= 11 is 0. The zero-order valence-electron chi connectivity index (χ0n) is 10.2. The van der Waals surface area contributed by atoms with Crippen molar-refractivity contribution in [2.45, 2.75) is 32.9 Å². The van der Waals surface area contributed by atoms with E-state index >= 15 is 0 Å². The van der Waals surface area contributed by atoms with Crippen LogP contribution in [-0.4, -0.2) is 21.4 Å². The first-order valence-electron chi connectivity index (χ1n) is 5.19. The highest BCUT2D eigenvalue weighted by Gasteiger charge is 2.30. The maximum atomic E-state index is 10.0. The first-order valence-corrected chi connectivity index (χ1v) is 5.19. The van der Waals surface area contributed by atoms with Gasteiger partial charge in [0.05, 0.1) is 12.1 Å². The molecular weight excluding hydrogens is 242 g/mol. The lowest BCUT2D eigenvalue weighted by atomic mass is 9.82. The van der Waals surface area contributed by atoms with Crippen LogP contribution in [0.5, 0.6) is 11.5 Å². The van der Waals surface area contributed by atoms with E-state index in [0.717, 1.165) is 0 Å². The third kappa shape index (κ3) is 3.77. The van der Waals surface area contributed by atoms with Crippen molar-refractivity contribution in [1.82, 2.24) is 0 Å². The number of nitrogens with two attached hydrogens (primary N) is 1. The number of benzene rings is 1. The fraction of sp³-hybridized carbons (Fsp3) is 0.500. The highest BCUT2D eigenvalue weighted by molar-refractivity contribution is 5.85. The van der Waals surface area contributed by atoms with Crippen LogP contribution < -0.4 is 5.73 Å². The number of aliphatic hydroxyl groups excluding tert-OH is 1. The van der Waals surface area contributed by atoms with Crippen LogP contribution in [0.15, 0.2) is 18.2 Å². The van der Waals surface area contributed by atoms with E-state index in [4.69, 9.17) is 10.8 Å². The summed E-state index contributed by atoms with van der Waals surface area (Å²) in [6.45, 7) is 5.61. The maximum Gasteiger partial charge on any atom is 0.124 e. The number of aliphatic hydroxyl groups is 1. The molecule has 0 bridgehead atoms. The topological polar surface area (TPSA) is 86.7 Å². The molecule has 0 aliphatic rings. The Labute approximate surface area is 107 Å². The predicted molar refractivity (Wildman–Crippen MR) is 69.4 cm³/mol. The summed E-state index contributed by atoms with van der Waals surface area (Å²) in [6.07, 6.45) is -0.775. The SMILES string of the molecule is CC(C)(C)[C@@H](O)[C@@H](N)c1ccc(O)cc1O.Cl. The van der Waals surface area contributed by atoms with Crippen LogP contribution in [0.3, 0.4) is 0 Å². The quantitative estimate of drug-likeness (QED) is 0.655. The van der Waals surface area contributed by atoms with E-state index in [-0.39, 0.29) is 29.3 Å². The number of rotatable bonds is 2. The second-order valence-electron chi connectivity index (χ2n) is 5.08. The van der Waals surface area contributed by atoms with Crippen LogP contribution in [0.1, 0.15) is 32.4 Å². The molecule has 1 aromatic rings. The first kappa shape index (κ1) is 16.0. The smallest absolute Gasteiger partial charge is 0.124 e. The van der Waals surface area contributed by atoms with E-state index in [0.29, 0.717) is 5.56 Å². The molecule has 0 heterocycles. The molecule has 98 valence electrons. The molecule has 0 aromatic heterocycles. The molecule has 2 atom stereocenters. The minimum absolute atomic E-state index is 0. The number of phenols is 2. The Balaban J connectivity index is 0.00000256. The van der Waals surface area contributed by atoms with Gasteiger partial charge in [0.2, 0.25) is 0 Å². The second-order valence-corrected chi connectivity index (χ2v) is 5.08. The van der Waals surface area contributed by atoms with Gasteiger partial charge < -0.3 is 21.1 Å². The van der Waals surface area contributed by atoms with Crippen molar-refractivity contribution < 1.29 is 15.3 Å². The third-order valence-corrected chi connectivity index (χ3v) is 2.60. The van der Waals surface area contributed by atoms with Crippen molar-refractivity contribution in [3.8, 4) is 11.5 Å². The number of aromatic hydroxyl groups is 2. The molecule has 0 aliphatic carbocycles. The van der Waals surface area contributed by atoms with Gasteiger partial charge in [0, 0.05) is 11.6 Å². The summed E-state index contributed by atoms with van der Waals surface area (Å²) in [6, 6.07) is 3.49. The molecular formula is C12H20ClNO3. The van der Waals surface area contributed by atoms with Gasteiger partial charge in [-0.1, -0.05) is 20.8 Å². The van der Waals surface area contributed by atoms with E-state index in [1.807, 2.05) is 20.8 Å². The van der Waals surface area contributed by atoms with Crippen LogP contribution in [0, 0.1) is 5.41 Å². The molecule has 4 nitrogen and oxygen atoms in total. The summed E-state index contributed by atoms with van der Waals surface area (Å²) < 4.78 is 0. The van der Waals surface area contributed by atoms with Gasteiger partial charge in [-0.25, -0.2) is 0 Å². The lowest BCUT2D eigenvalue weighted by Crippen LogP contribution is -2.36. The molecule has 0 saturated heterocycles. The normalized spacial score (nSPS) is 14.9. The van der Waals surface area contributed by atoms with Crippen LogP contribution in [0.25, 0.3) is 0 Å². The van der Waals surface area contributed by atoms with Crippen molar-refractivity contribution in [1.29, 1.82) is 0 Å². The van der Waals surface area contributed by atoms with Crippen LogP contribution in [0.2, 0.25) is 0 Å². The van der Waals surface area contributed by atoms with Gasteiger partial charge in [-0.2, -0.15) is 0 Å². The van der Waals surface area contributed by atoms with Gasteiger partial charge in [0.1, 0.15) is 11.5 Å². The maximum absolute atomic E-state index is 10.0. The molecule has 1 aromatic carbocycles. The van der Waals surface area contributed by atoms with Gasteiger partial charge in [-0.15, -0.1) is 12.4 Å². The minimum atomic E-state index is -0.775. The molecule has 0 unspecified atom stereocenters. The van der Waals surface area contributed by atoms with Gasteiger partial charge in [0.15, 0.2) is 0 Å². The fourth-order valence-corrected chi connectivity index (χ4v) is 1.52. The zero-order valence-corrected chi connectivity index (χ0v) is 11.0. The largest absolute Gasteiger partial charge is 0.508 e. The summed E-state index contributed by atoms with van der Waals surface area (Å²) in [4.78, 5) is 0. The molecule has 0 spiro atoms. The highest BCUT2D eigenvalue weighted by atomic mass is 35.5. The van der Waals surface area contributed by atoms with E-state index in [9.17, 15) is 10.2 Å². The Bertz CT molecular complexity index is 377. The molecule has 17 heavy (non-hydrogen) atoms. The number of hydrogen-bond donors (Lipinski definition) is 4. The lowest BCUT2D eigenvalue weighted by molar-refractivity contribution is 0.0394. The monoisotopic (exact) mass is 261 g/mol. The molecule has 0 saturated carbocycles. The van der Waals surface area contributed by atoms with E-state index < -0.39 is 12.1 Å². The average molecular weight is 262 g/mol. The second kappa shape index (κ2) is 5.58. The highest BCUT2D eigenvalue weighted by Crippen LogP contribution is 2.33. The predicted octanol–water partition coefficient (Wildman–Crippen LogP) is 1.93. The first-order chi connectivity index (χ1) is 7.23. The Morgan fingerprint density at radius 3 is 2.12 bits per heavy atom. The molecule has 0 radical (unpaired) electrons. The van der Waals surface area contributed by atoms with E-state index in [2.05, 4.69) is 0 Å². The van der Waals surface area contributed by atoms with Gasteiger partial charge in [-0.3, -0.25) is 0 Å². The summed E-state index contributed by atoms with van der Waals surface area (Å²) in [5.74, 6) is -0.130. The molecule has 1 rings (SSSR count). The Morgan fingerprint density at radius 1 is 1.18 bits per heavy atom. The van der Waals surface area contributed by atoms with Crippen molar-refractivity contribution in [2.75, 3.05) is 0 Å². The van der Waals surface area contributed by atoms with Crippen LogP contribution in [-0.2, 0) is 0 Å². The van der Waals surface area contributed by atoms with E-state index in [1.165, 1.54) is 18.2 Å². The standard InChI is InChI=1S/C12H19NO3.ClH/c1-12(2,3)11(16)10(13)8-5-4-7(14)6-9(8)15;/h4-6,10-11,14-16H,13H2,1-3H3;1H/t10-,11-;/m0./s1. The summed E-state index contributed by atoms with van der Waals surface area (Å²) in [5.41, 5.74) is 5.94. The summed E-state index contributed by atoms with van der Waals surface area (Å²) in [7, 11) is 0. The Hall–Kier alpha value is -0.970. The minimum Gasteiger partial charge on any atom is -0.508 e. The van der Waals surface area contributed by atoms with Crippen molar-refractivity contribution in [3.63, 3.8) is 0 Å². The number of hydrogen-bond acceptors (Lipinski definition) is 4. The fourth-order valence-electron chi connectivity index (χ4n) is 1.52. The molecule has 0 fully saturated rings.